The fourth-order valence-corrected chi connectivity index (χ4v) is 9.02. The van der Waals surface area contributed by atoms with Crippen molar-refractivity contribution in [1.29, 1.82) is 0 Å². The van der Waals surface area contributed by atoms with Crippen LogP contribution < -0.4 is 0 Å². The minimum Gasteiger partial charge on any atom is -0.343 e. The summed E-state index contributed by atoms with van der Waals surface area (Å²) in [4.78, 5) is 18.9. The van der Waals surface area contributed by atoms with E-state index in [1.54, 1.807) is 0 Å². The van der Waals surface area contributed by atoms with Gasteiger partial charge < -0.3 is 4.90 Å². The Morgan fingerprint density at radius 2 is 2.04 bits per heavy atom. The molecule has 24 heavy (non-hydrogen) atoms. The third kappa shape index (κ3) is 3.02. The standard InChI is InChI=1S/C17H26N2O3S2/c1-10(2)5-16(20)18-17-19(13-7-11-3-4-12(13)6-11)14-8-24(21,22)9-15(14)23-17/h10-15H,3-9H2,1-2H3/t11-,12-,13-,14-,15-/m1/s1. The Labute approximate surface area is 148 Å². The van der Waals surface area contributed by atoms with Crippen LogP contribution in [-0.4, -0.2) is 53.2 Å². The zero-order valence-electron chi connectivity index (χ0n) is 14.3. The maximum Gasteiger partial charge on any atom is 0.248 e. The molecule has 0 aromatic heterocycles. The van der Waals surface area contributed by atoms with Gasteiger partial charge in [-0.05, 0) is 37.0 Å². The third-order valence-corrected chi connectivity index (χ3v) is 9.19. The largest absolute Gasteiger partial charge is 0.343 e. The number of carbonyl (C=O) groups excluding carboxylic acids is 1. The molecule has 4 aliphatic rings. The minimum atomic E-state index is -2.95. The van der Waals surface area contributed by atoms with Gasteiger partial charge in [-0.15, -0.1) is 0 Å². The highest BCUT2D eigenvalue weighted by molar-refractivity contribution is 8.15. The van der Waals surface area contributed by atoms with Gasteiger partial charge in [-0.2, -0.15) is 4.99 Å². The number of fused-ring (bicyclic) bond motifs is 3. The highest BCUT2D eigenvalue weighted by Gasteiger charge is 2.54. The third-order valence-electron chi connectivity index (χ3n) is 5.97. The lowest BCUT2D eigenvalue weighted by atomic mass is 9.93. The van der Waals surface area contributed by atoms with E-state index in [-0.39, 0.29) is 28.7 Å². The van der Waals surface area contributed by atoms with Crippen LogP contribution in [0.5, 0.6) is 0 Å². The molecule has 7 heteroatoms. The normalized spacial score (nSPS) is 41.5. The second kappa shape index (κ2) is 6.01. The Morgan fingerprint density at radius 3 is 2.67 bits per heavy atom. The van der Waals surface area contributed by atoms with Crippen molar-refractivity contribution in [1.82, 2.24) is 4.90 Å². The molecule has 0 N–H and O–H groups in total. The molecule has 0 aromatic rings. The Morgan fingerprint density at radius 1 is 1.25 bits per heavy atom. The highest BCUT2D eigenvalue weighted by Crippen LogP contribution is 2.51. The predicted octanol–water partition coefficient (Wildman–Crippen LogP) is 2.32. The molecule has 2 saturated carbocycles. The highest BCUT2D eigenvalue weighted by atomic mass is 32.2. The molecule has 1 amide bonds. The quantitative estimate of drug-likeness (QED) is 0.763. The van der Waals surface area contributed by atoms with Crippen LogP contribution in [-0.2, 0) is 14.6 Å². The van der Waals surface area contributed by atoms with Gasteiger partial charge in [0.2, 0.25) is 5.91 Å². The summed E-state index contributed by atoms with van der Waals surface area (Å²) in [7, 11) is -2.95. The second-order valence-corrected chi connectivity index (χ2v) is 11.7. The number of hydrogen-bond acceptors (Lipinski definition) is 4. The molecule has 5 atom stereocenters. The Balaban J connectivity index is 1.61. The summed E-state index contributed by atoms with van der Waals surface area (Å²) in [6.45, 7) is 4.05. The SMILES string of the molecule is CC(C)CC(=O)N=C1S[C@@H]2CS(=O)(=O)C[C@H]2N1[C@@H]1C[C@@H]2CC[C@@H]1C2. The number of amides is 1. The van der Waals surface area contributed by atoms with Gasteiger partial charge in [-0.3, -0.25) is 4.79 Å². The molecule has 0 unspecified atom stereocenters. The lowest BCUT2D eigenvalue weighted by molar-refractivity contribution is -0.118. The van der Waals surface area contributed by atoms with Gasteiger partial charge in [0.1, 0.15) is 0 Å². The average Bonchev–Trinajstić information content (AvgIpc) is 3.16. The van der Waals surface area contributed by atoms with Gasteiger partial charge in [0.25, 0.3) is 0 Å². The first-order valence-electron chi connectivity index (χ1n) is 9.09. The molecule has 0 aromatic carbocycles. The number of aliphatic imine (C=N–C) groups is 1. The van der Waals surface area contributed by atoms with Crippen LogP contribution in [0.2, 0.25) is 0 Å². The molecule has 4 fully saturated rings. The molecule has 4 rings (SSSR count). The molecule has 2 bridgehead atoms. The summed E-state index contributed by atoms with van der Waals surface area (Å²) in [5.74, 6) is 2.14. The Bertz CT molecular complexity index is 673. The molecule has 2 heterocycles. The number of sulfone groups is 1. The molecule has 5 nitrogen and oxygen atoms in total. The van der Waals surface area contributed by atoms with Crippen LogP contribution in [0.15, 0.2) is 4.99 Å². The molecule has 0 radical (unpaired) electrons. The fraction of sp³-hybridized carbons (Fsp3) is 0.882. The van der Waals surface area contributed by atoms with Gasteiger partial charge in [-0.25, -0.2) is 8.42 Å². The van der Waals surface area contributed by atoms with E-state index in [4.69, 9.17) is 0 Å². The fourth-order valence-electron chi connectivity index (χ4n) is 5.03. The maximum atomic E-state index is 12.2. The molecule has 2 aliphatic heterocycles. The number of carbonyl (C=O) groups is 1. The molecule has 0 spiro atoms. The number of thioether (sulfide) groups is 1. The number of rotatable bonds is 3. The van der Waals surface area contributed by atoms with E-state index in [1.807, 2.05) is 13.8 Å². The molecular weight excluding hydrogens is 344 g/mol. The van der Waals surface area contributed by atoms with Gasteiger partial charge in [0.05, 0.1) is 17.5 Å². The predicted molar refractivity (Wildman–Crippen MR) is 96.8 cm³/mol. The first-order chi connectivity index (χ1) is 11.3. The molecule has 2 saturated heterocycles. The summed E-state index contributed by atoms with van der Waals surface area (Å²) < 4.78 is 24.2. The van der Waals surface area contributed by atoms with E-state index in [2.05, 4.69) is 9.89 Å². The molecular formula is C17H26N2O3S2. The summed E-state index contributed by atoms with van der Waals surface area (Å²) in [6, 6.07) is 0.417. The average molecular weight is 371 g/mol. The number of hydrogen-bond donors (Lipinski definition) is 0. The zero-order chi connectivity index (χ0) is 17.1. The van der Waals surface area contributed by atoms with E-state index in [9.17, 15) is 13.2 Å². The van der Waals surface area contributed by atoms with Crippen molar-refractivity contribution in [2.24, 2.45) is 22.7 Å². The lowest BCUT2D eigenvalue weighted by Crippen LogP contribution is -2.47. The van der Waals surface area contributed by atoms with E-state index < -0.39 is 9.84 Å². The topological polar surface area (TPSA) is 66.8 Å². The van der Waals surface area contributed by atoms with Gasteiger partial charge >= 0.3 is 0 Å². The van der Waals surface area contributed by atoms with Crippen LogP contribution in [0.4, 0.5) is 0 Å². The van der Waals surface area contributed by atoms with Gasteiger partial charge in [0, 0.05) is 17.7 Å². The Hall–Kier alpha value is -0.560. The minimum absolute atomic E-state index is 0.0231. The van der Waals surface area contributed by atoms with E-state index >= 15 is 0 Å². The van der Waals surface area contributed by atoms with Crippen LogP contribution in [0.3, 0.4) is 0 Å². The molecule has 2 aliphatic carbocycles. The van der Waals surface area contributed by atoms with Crippen LogP contribution >= 0.6 is 11.8 Å². The van der Waals surface area contributed by atoms with Gasteiger partial charge in [0.15, 0.2) is 15.0 Å². The van der Waals surface area contributed by atoms with Crippen molar-refractivity contribution in [3.05, 3.63) is 0 Å². The van der Waals surface area contributed by atoms with E-state index in [1.165, 1.54) is 31.0 Å². The first-order valence-corrected chi connectivity index (χ1v) is 11.8. The van der Waals surface area contributed by atoms with Crippen molar-refractivity contribution in [2.75, 3.05) is 11.5 Å². The maximum absolute atomic E-state index is 12.2. The number of nitrogens with zero attached hydrogens (tertiary/aromatic N) is 2. The lowest BCUT2D eigenvalue weighted by Gasteiger charge is -2.36. The van der Waals surface area contributed by atoms with E-state index in [0.717, 1.165) is 17.5 Å². The zero-order valence-corrected chi connectivity index (χ0v) is 16.0. The van der Waals surface area contributed by atoms with Crippen molar-refractivity contribution in [3.8, 4) is 0 Å². The number of amidine groups is 1. The smallest absolute Gasteiger partial charge is 0.248 e. The van der Waals surface area contributed by atoms with Crippen molar-refractivity contribution >= 4 is 32.7 Å². The Kier molecular flexibility index (Phi) is 4.23. The van der Waals surface area contributed by atoms with Crippen molar-refractivity contribution in [3.63, 3.8) is 0 Å². The van der Waals surface area contributed by atoms with Crippen molar-refractivity contribution < 1.29 is 13.2 Å². The van der Waals surface area contributed by atoms with E-state index in [0.29, 0.717) is 24.3 Å². The summed E-state index contributed by atoms with van der Waals surface area (Å²) in [5, 5.41) is 0.864. The first kappa shape index (κ1) is 16.9. The van der Waals surface area contributed by atoms with Crippen LogP contribution in [0, 0.1) is 17.8 Å². The summed E-state index contributed by atoms with van der Waals surface area (Å²) in [5.41, 5.74) is 0. The summed E-state index contributed by atoms with van der Waals surface area (Å²) in [6.07, 6.45) is 5.43. The van der Waals surface area contributed by atoms with Gasteiger partial charge in [-0.1, -0.05) is 32.0 Å². The second-order valence-electron chi connectivity index (χ2n) is 8.34. The monoisotopic (exact) mass is 370 g/mol. The molecule has 134 valence electrons. The summed E-state index contributed by atoms with van der Waals surface area (Å²) >= 11 is 1.54. The van der Waals surface area contributed by atoms with Crippen LogP contribution in [0.1, 0.15) is 46.0 Å². The van der Waals surface area contributed by atoms with Crippen LogP contribution in [0.25, 0.3) is 0 Å². The van der Waals surface area contributed by atoms with Crippen molar-refractivity contribution in [2.45, 2.75) is 63.3 Å².